The molecule has 0 saturated heterocycles. The van der Waals surface area contributed by atoms with Gasteiger partial charge in [0.25, 0.3) is 0 Å². The van der Waals surface area contributed by atoms with E-state index in [1.807, 2.05) is 6.07 Å². The Hall–Kier alpha value is -2.36. The first-order valence-corrected chi connectivity index (χ1v) is 6.74. The van der Waals surface area contributed by atoms with Crippen LogP contribution in [-0.4, -0.2) is 16.2 Å². The maximum absolute atomic E-state index is 10.5. The molecule has 0 aliphatic rings. The fourth-order valence-corrected chi connectivity index (χ4v) is 1.99. The van der Waals surface area contributed by atoms with E-state index in [-0.39, 0.29) is 0 Å². The average molecular weight is 270 g/mol. The summed E-state index contributed by atoms with van der Waals surface area (Å²) in [7, 11) is 0. The van der Waals surface area contributed by atoms with Gasteiger partial charge in [-0.25, -0.2) is 4.79 Å². The summed E-state index contributed by atoms with van der Waals surface area (Å²) in [5.41, 5.74) is 3.68. The van der Waals surface area contributed by atoms with Gasteiger partial charge in [-0.2, -0.15) is 0 Å². The number of benzene rings is 1. The predicted molar refractivity (Wildman–Crippen MR) is 79.9 cm³/mol. The van der Waals surface area contributed by atoms with E-state index in [0.29, 0.717) is 5.69 Å². The van der Waals surface area contributed by atoms with Crippen LogP contribution in [0.5, 0.6) is 0 Å². The maximum Gasteiger partial charge on any atom is 0.409 e. The Labute approximate surface area is 118 Å². The van der Waals surface area contributed by atoms with Crippen molar-refractivity contribution in [2.75, 3.05) is 5.32 Å². The van der Waals surface area contributed by atoms with E-state index < -0.39 is 6.09 Å². The number of nitrogens with one attached hydrogen (secondary N) is 1. The van der Waals surface area contributed by atoms with Crippen LogP contribution in [0.3, 0.4) is 0 Å². The largest absolute Gasteiger partial charge is 0.465 e. The van der Waals surface area contributed by atoms with Gasteiger partial charge in [0.05, 0.1) is 17.6 Å². The minimum Gasteiger partial charge on any atom is -0.465 e. The van der Waals surface area contributed by atoms with Gasteiger partial charge in [0.2, 0.25) is 0 Å². The number of aryl methyl sites for hydroxylation is 1. The maximum atomic E-state index is 10.5. The third-order valence-electron chi connectivity index (χ3n) is 3.08. The highest BCUT2D eigenvalue weighted by Crippen LogP contribution is 2.19. The number of aromatic nitrogens is 1. The van der Waals surface area contributed by atoms with Crippen LogP contribution in [0.2, 0.25) is 0 Å². The molecule has 104 valence electrons. The number of carboxylic acid groups (broad SMARTS) is 1. The molecule has 4 heteroatoms. The molecule has 20 heavy (non-hydrogen) atoms. The third-order valence-corrected chi connectivity index (χ3v) is 3.08. The molecule has 0 unspecified atom stereocenters. The zero-order valence-electron chi connectivity index (χ0n) is 11.5. The highest BCUT2D eigenvalue weighted by molar-refractivity contribution is 5.82. The zero-order valence-corrected chi connectivity index (χ0v) is 11.5. The van der Waals surface area contributed by atoms with Crippen LogP contribution in [0.1, 0.15) is 25.3 Å². The van der Waals surface area contributed by atoms with Gasteiger partial charge in [-0.3, -0.25) is 10.3 Å². The Kier molecular flexibility index (Phi) is 4.71. The quantitative estimate of drug-likeness (QED) is 0.856. The second kappa shape index (κ2) is 6.70. The van der Waals surface area contributed by atoms with E-state index in [1.54, 1.807) is 6.07 Å². The second-order valence-electron chi connectivity index (χ2n) is 4.66. The van der Waals surface area contributed by atoms with Gasteiger partial charge in [-0.15, -0.1) is 0 Å². The van der Waals surface area contributed by atoms with Crippen LogP contribution in [-0.2, 0) is 6.42 Å². The number of hydrogen-bond acceptors (Lipinski definition) is 2. The molecule has 0 atom stereocenters. The van der Waals surface area contributed by atoms with Crippen LogP contribution >= 0.6 is 0 Å². The number of amides is 1. The Balaban J connectivity index is 2.09. The highest BCUT2D eigenvalue weighted by atomic mass is 16.4. The second-order valence-corrected chi connectivity index (χ2v) is 4.66. The van der Waals surface area contributed by atoms with Crippen molar-refractivity contribution in [3.8, 4) is 11.3 Å². The standard InChI is InChI=1S/C16H18N2O2/c1-2-3-4-12-5-7-13(8-6-12)15-10-9-14(11-17-15)18-16(19)20/h5-11,18H,2-4H2,1H3,(H,19,20). The molecule has 1 heterocycles. The lowest BCUT2D eigenvalue weighted by molar-refractivity contribution is 0.209. The summed E-state index contributed by atoms with van der Waals surface area (Å²) in [4.78, 5) is 14.8. The minimum absolute atomic E-state index is 0.473. The summed E-state index contributed by atoms with van der Waals surface area (Å²) < 4.78 is 0. The molecule has 1 aromatic heterocycles. The number of carbonyl (C=O) groups is 1. The highest BCUT2D eigenvalue weighted by Gasteiger charge is 2.02. The Bertz CT molecular complexity index is 562. The normalized spacial score (nSPS) is 10.2. The van der Waals surface area contributed by atoms with Crippen molar-refractivity contribution >= 4 is 11.8 Å². The molecule has 1 aromatic carbocycles. The summed E-state index contributed by atoms with van der Waals surface area (Å²) >= 11 is 0. The van der Waals surface area contributed by atoms with Gasteiger partial charge in [-0.05, 0) is 30.5 Å². The molecule has 2 N–H and O–H groups in total. The first kappa shape index (κ1) is 14.1. The molecule has 2 aromatic rings. The predicted octanol–water partition coefficient (Wildman–Crippen LogP) is 4.18. The van der Waals surface area contributed by atoms with Gasteiger partial charge in [0, 0.05) is 5.56 Å². The Morgan fingerprint density at radius 1 is 1.20 bits per heavy atom. The number of nitrogens with zero attached hydrogens (tertiary/aromatic N) is 1. The molecule has 4 nitrogen and oxygen atoms in total. The summed E-state index contributed by atoms with van der Waals surface area (Å²) in [6.07, 6.45) is 3.94. The molecule has 0 radical (unpaired) electrons. The van der Waals surface area contributed by atoms with E-state index in [1.165, 1.54) is 24.6 Å². The molecule has 0 bridgehead atoms. The van der Waals surface area contributed by atoms with E-state index >= 15 is 0 Å². The lowest BCUT2D eigenvalue weighted by Gasteiger charge is -2.05. The van der Waals surface area contributed by atoms with Crippen LogP contribution in [0.15, 0.2) is 42.6 Å². The lowest BCUT2D eigenvalue weighted by Crippen LogP contribution is -2.07. The molecule has 0 aliphatic carbocycles. The number of rotatable bonds is 5. The number of hydrogen-bond donors (Lipinski definition) is 2. The van der Waals surface area contributed by atoms with Crippen molar-refractivity contribution in [2.24, 2.45) is 0 Å². The first-order valence-electron chi connectivity index (χ1n) is 6.74. The minimum atomic E-state index is -1.08. The monoisotopic (exact) mass is 270 g/mol. The fourth-order valence-electron chi connectivity index (χ4n) is 1.99. The van der Waals surface area contributed by atoms with Crippen molar-refractivity contribution in [3.63, 3.8) is 0 Å². The molecule has 2 rings (SSSR count). The molecule has 0 saturated carbocycles. The molecular formula is C16H18N2O2. The van der Waals surface area contributed by atoms with Crippen molar-refractivity contribution in [1.82, 2.24) is 4.98 Å². The zero-order chi connectivity index (χ0) is 14.4. The van der Waals surface area contributed by atoms with E-state index in [4.69, 9.17) is 5.11 Å². The Morgan fingerprint density at radius 2 is 1.95 bits per heavy atom. The van der Waals surface area contributed by atoms with Crippen molar-refractivity contribution in [3.05, 3.63) is 48.2 Å². The Morgan fingerprint density at radius 3 is 2.50 bits per heavy atom. The van der Waals surface area contributed by atoms with Gasteiger partial charge < -0.3 is 5.11 Å². The van der Waals surface area contributed by atoms with Gasteiger partial charge in [0.1, 0.15) is 0 Å². The summed E-state index contributed by atoms with van der Waals surface area (Å²) in [5, 5.41) is 10.9. The van der Waals surface area contributed by atoms with Gasteiger partial charge >= 0.3 is 6.09 Å². The molecule has 0 fully saturated rings. The van der Waals surface area contributed by atoms with Crippen LogP contribution < -0.4 is 5.32 Å². The van der Waals surface area contributed by atoms with Gasteiger partial charge in [-0.1, -0.05) is 37.6 Å². The SMILES string of the molecule is CCCCc1ccc(-c2ccc(NC(=O)O)cn2)cc1. The van der Waals surface area contributed by atoms with E-state index in [2.05, 4.69) is 41.5 Å². The van der Waals surface area contributed by atoms with E-state index in [9.17, 15) is 4.79 Å². The molecule has 0 spiro atoms. The molecule has 1 amide bonds. The summed E-state index contributed by atoms with van der Waals surface area (Å²) in [6, 6.07) is 11.9. The smallest absolute Gasteiger partial charge is 0.409 e. The molecular weight excluding hydrogens is 252 g/mol. The fraction of sp³-hybridized carbons (Fsp3) is 0.250. The van der Waals surface area contributed by atoms with E-state index in [0.717, 1.165) is 17.7 Å². The van der Waals surface area contributed by atoms with Crippen LogP contribution in [0.4, 0.5) is 10.5 Å². The third kappa shape index (κ3) is 3.82. The average Bonchev–Trinajstić information content (AvgIpc) is 2.46. The number of pyridine rings is 1. The summed E-state index contributed by atoms with van der Waals surface area (Å²) in [6.45, 7) is 2.19. The van der Waals surface area contributed by atoms with Crippen molar-refractivity contribution in [2.45, 2.75) is 26.2 Å². The van der Waals surface area contributed by atoms with Crippen LogP contribution in [0, 0.1) is 0 Å². The number of anilines is 1. The topological polar surface area (TPSA) is 62.2 Å². The number of unbranched alkanes of at least 4 members (excludes halogenated alkanes) is 1. The first-order chi connectivity index (χ1) is 9.69. The van der Waals surface area contributed by atoms with Gasteiger partial charge in [0.15, 0.2) is 0 Å². The van der Waals surface area contributed by atoms with Crippen molar-refractivity contribution in [1.29, 1.82) is 0 Å². The van der Waals surface area contributed by atoms with Crippen molar-refractivity contribution < 1.29 is 9.90 Å². The lowest BCUT2D eigenvalue weighted by atomic mass is 10.0. The summed E-state index contributed by atoms with van der Waals surface area (Å²) in [5.74, 6) is 0. The van der Waals surface area contributed by atoms with Crippen LogP contribution in [0.25, 0.3) is 11.3 Å². The molecule has 0 aliphatic heterocycles.